The first-order chi connectivity index (χ1) is 11.8. The molecule has 6 heteroatoms. The number of thiazole rings is 1. The molecule has 0 unspecified atom stereocenters. The molecule has 130 valence electrons. The third kappa shape index (κ3) is 4.60. The maximum Gasteiger partial charge on any atom is 0.0897 e. The Morgan fingerprint density at radius 2 is 2.29 bits per heavy atom. The number of hydrogen-bond donors (Lipinski definition) is 0. The fourth-order valence-corrected chi connectivity index (χ4v) is 3.87. The highest BCUT2D eigenvalue weighted by Gasteiger charge is 2.35. The predicted molar refractivity (Wildman–Crippen MR) is 95.2 cm³/mol. The second-order valence-corrected chi connectivity index (χ2v) is 7.21. The Kier molecular flexibility index (Phi) is 6.31. The van der Waals surface area contributed by atoms with Crippen LogP contribution >= 0.6 is 11.3 Å². The minimum Gasteiger partial charge on any atom is -0.382 e. The van der Waals surface area contributed by atoms with E-state index in [9.17, 15) is 0 Å². The molecule has 1 aliphatic heterocycles. The molecule has 1 saturated heterocycles. The van der Waals surface area contributed by atoms with Crippen LogP contribution < -0.4 is 0 Å². The SMILES string of the molecule is COCCO[C@@H]1CCN(Cc2csc(C)n2)[C@@H]1Cc1cccnc1. The summed E-state index contributed by atoms with van der Waals surface area (Å²) in [6, 6.07) is 4.50. The quantitative estimate of drug-likeness (QED) is 0.687. The Morgan fingerprint density at radius 1 is 1.38 bits per heavy atom. The van der Waals surface area contributed by atoms with Crippen molar-refractivity contribution >= 4 is 11.3 Å². The highest BCUT2D eigenvalue weighted by Crippen LogP contribution is 2.26. The molecule has 3 rings (SSSR count). The van der Waals surface area contributed by atoms with Crippen molar-refractivity contribution in [1.29, 1.82) is 0 Å². The van der Waals surface area contributed by atoms with Crippen LogP contribution in [0.3, 0.4) is 0 Å². The second kappa shape index (κ2) is 8.67. The molecule has 0 aliphatic carbocycles. The maximum atomic E-state index is 6.10. The molecule has 0 radical (unpaired) electrons. The van der Waals surface area contributed by atoms with Crippen LogP contribution in [0.4, 0.5) is 0 Å². The van der Waals surface area contributed by atoms with E-state index in [1.807, 2.05) is 18.5 Å². The van der Waals surface area contributed by atoms with Crippen molar-refractivity contribution in [2.24, 2.45) is 0 Å². The van der Waals surface area contributed by atoms with E-state index in [1.54, 1.807) is 18.4 Å². The molecule has 0 amide bonds. The van der Waals surface area contributed by atoms with Crippen LogP contribution in [0, 0.1) is 6.92 Å². The van der Waals surface area contributed by atoms with Gasteiger partial charge in [-0.1, -0.05) is 6.07 Å². The highest BCUT2D eigenvalue weighted by atomic mass is 32.1. The molecule has 2 aromatic heterocycles. The predicted octanol–water partition coefficient (Wildman–Crippen LogP) is 2.70. The first-order valence-corrected chi connectivity index (χ1v) is 9.28. The van der Waals surface area contributed by atoms with Gasteiger partial charge in [0.25, 0.3) is 0 Å². The van der Waals surface area contributed by atoms with E-state index in [0.29, 0.717) is 19.3 Å². The summed E-state index contributed by atoms with van der Waals surface area (Å²) in [6.07, 6.45) is 6.02. The lowest BCUT2D eigenvalue weighted by atomic mass is 10.0. The Morgan fingerprint density at radius 3 is 3.00 bits per heavy atom. The van der Waals surface area contributed by atoms with Gasteiger partial charge in [0.2, 0.25) is 0 Å². The number of aryl methyl sites for hydroxylation is 1. The van der Waals surface area contributed by atoms with E-state index in [-0.39, 0.29) is 6.10 Å². The minimum absolute atomic E-state index is 0.236. The number of aromatic nitrogens is 2. The average Bonchev–Trinajstić information content (AvgIpc) is 3.17. The molecule has 2 atom stereocenters. The molecular weight excluding hydrogens is 322 g/mol. The lowest BCUT2D eigenvalue weighted by molar-refractivity contribution is -0.00142. The van der Waals surface area contributed by atoms with Gasteiger partial charge in [-0.15, -0.1) is 11.3 Å². The van der Waals surface area contributed by atoms with Crippen molar-refractivity contribution in [2.75, 3.05) is 26.9 Å². The Bertz CT molecular complexity index is 620. The summed E-state index contributed by atoms with van der Waals surface area (Å²) in [7, 11) is 1.71. The largest absolute Gasteiger partial charge is 0.382 e. The molecule has 0 spiro atoms. The zero-order valence-electron chi connectivity index (χ0n) is 14.4. The summed E-state index contributed by atoms with van der Waals surface area (Å²) in [6.45, 7) is 5.27. The fraction of sp³-hybridized carbons (Fsp3) is 0.556. The zero-order chi connectivity index (χ0) is 16.8. The monoisotopic (exact) mass is 347 g/mol. The van der Waals surface area contributed by atoms with Crippen molar-refractivity contribution in [1.82, 2.24) is 14.9 Å². The van der Waals surface area contributed by atoms with Crippen LogP contribution in [-0.2, 0) is 22.4 Å². The molecule has 1 fully saturated rings. The summed E-state index contributed by atoms with van der Waals surface area (Å²) >= 11 is 1.72. The normalized spacial score (nSPS) is 21.4. The molecule has 1 aliphatic rings. The van der Waals surface area contributed by atoms with Crippen molar-refractivity contribution < 1.29 is 9.47 Å². The van der Waals surface area contributed by atoms with Crippen LogP contribution in [0.1, 0.15) is 22.7 Å². The van der Waals surface area contributed by atoms with Crippen molar-refractivity contribution in [2.45, 2.75) is 38.5 Å². The van der Waals surface area contributed by atoms with Crippen LogP contribution in [0.5, 0.6) is 0 Å². The van der Waals surface area contributed by atoms with E-state index in [4.69, 9.17) is 9.47 Å². The summed E-state index contributed by atoms with van der Waals surface area (Å²) in [4.78, 5) is 11.4. The van der Waals surface area contributed by atoms with E-state index in [2.05, 4.69) is 33.2 Å². The van der Waals surface area contributed by atoms with Gasteiger partial charge in [-0.2, -0.15) is 0 Å². The van der Waals surface area contributed by atoms with Crippen LogP contribution in [0.25, 0.3) is 0 Å². The number of nitrogens with zero attached hydrogens (tertiary/aromatic N) is 3. The Hall–Kier alpha value is -1.34. The van der Waals surface area contributed by atoms with Gasteiger partial charge in [-0.3, -0.25) is 9.88 Å². The maximum absolute atomic E-state index is 6.10. The molecule has 24 heavy (non-hydrogen) atoms. The summed E-state index contributed by atoms with van der Waals surface area (Å²) in [5.41, 5.74) is 2.41. The topological polar surface area (TPSA) is 47.5 Å². The zero-order valence-corrected chi connectivity index (χ0v) is 15.2. The van der Waals surface area contributed by atoms with Crippen molar-refractivity contribution in [3.8, 4) is 0 Å². The van der Waals surface area contributed by atoms with E-state index >= 15 is 0 Å². The number of rotatable bonds is 8. The van der Waals surface area contributed by atoms with Crippen molar-refractivity contribution in [3.05, 3.63) is 46.2 Å². The lowest BCUT2D eigenvalue weighted by Gasteiger charge is -2.27. The van der Waals surface area contributed by atoms with Crippen LogP contribution in [0.15, 0.2) is 29.9 Å². The Balaban J connectivity index is 1.68. The number of hydrogen-bond acceptors (Lipinski definition) is 6. The van der Waals surface area contributed by atoms with Gasteiger partial charge >= 0.3 is 0 Å². The van der Waals surface area contributed by atoms with E-state index < -0.39 is 0 Å². The lowest BCUT2D eigenvalue weighted by Crippen LogP contribution is -2.38. The van der Waals surface area contributed by atoms with Crippen LogP contribution in [0.2, 0.25) is 0 Å². The van der Waals surface area contributed by atoms with Gasteiger partial charge in [0.05, 0.1) is 30.0 Å². The molecule has 0 saturated carbocycles. The summed E-state index contributed by atoms with van der Waals surface area (Å²) in [5, 5.41) is 3.29. The van der Waals surface area contributed by atoms with Gasteiger partial charge in [-0.25, -0.2) is 4.98 Å². The molecule has 3 heterocycles. The fourth-order valence-electron chi connectivity index (χ4n) is 3.27. The number of ether oxygens (including phenoxy) is 2. The molecular formula is C18H25N3O2S. The molecule has 0 bridgehead atoms. The second-order valence-electron chi connectivity index (χ2n) is 6.15. The smallest absolute Gasteiger partial charge is 0.0897 e. The summed E-state index contributed by atoms with van der Waals surface area (Å²) in [5.74, 6) is 0. The van der Waals surface area contributed by atoms with E-state index in [0.717, 1.165) is 36.6 Å². The Labute approximate surface area is 147 Å². The third-order valence-corrected chi connectivity index (χ3v) is 5.24. The molecule has 5 nitrogen and oxygen atoms in total. The average molecular weight is 347 g/mol. The van der Waals surface area contributed by atoms with E-state index in [1.165, 1.54) is 5.56 Å². The highest BCUT2D eigenvalue weighted by molar-refractivity contribution is 7.09. The van der Waals surface area contributed by atoms with Gasteiger partial charge < -0.3 is 9.47 Å². The minimum atomic E-state index is 0.236. The number of pyridine rings is 1. The first kappa shape index (κ1) is 17.5. The first-order valence-electron chi connectivity index (χ1n) is 8.41. The van der Waals surface area contributed by atoms with Gasteiger partial charge in [-0.05, 0) is 31.4 Å². The molecule has 0 N–H and O–H groups in total. The third-order valence-electron chi connectivity index (χ3n) is 4.42. The number of likely N-dealkylation sites (tertiary alicyclic amines) is 1. The van der Waals surface area contributed by atoms with Gasteiger partial charge in [0.1, 0.15) is 0 Å². The van der Waals surface area contributed by atoms with Crippen molar-refractivity contribution in [3.63, 3.8) is 0 Å². The van der Waals surface area contributed by atoms with Gasteiger partial charge in [0, 0.05) is 44.0 Å². The number of methoxy groups -OCH3 is 1. The standard InChI is InChI=1S/C18H25N3O2S/c1-14-20-16(13-24-14)12-21-7-5-18(23-9-8-22-2)17(21)10-15-4-3-6-19-11-15/h3-4,6,11,13,17-18H,5,7-10,12H2,1-2H3/t17-,18-/m1/s1. The van der Waals surface area contributed by atoms with Gasteiger partial charge in [0.15, 0.2) is 0 Å². The molecule has 2 aromatic rings. The summed E-state index contributed by atoms with van der Waals surface area (Å²) < 4.78 is 11.2. The molecule has 0 aromatic carbocycles. The van der Waals surface area contributed by atoms with Crippen LogP contribution in [-0.4, -0.2) is 53.9 Å².